The number of esters is 1. The number of benzene rings is 1. The maximum atomic E-state index is 13.7. The summed E-state index contributed by atoms with van der Waals surface area (Å²) in [7, 11) is 0. The number of cyclic esters (lactones) is 1. The summed E-state index contributed by atoms with van der Waals surface area (Å²) in [6.45, 7) is 1.84. The van der Waals surface area contributed by atoms with Crippen LogP contribution in [0.5, 0.6) is 0 Å². The molecule has 3 aliphatic rings. The Kier molecular flexibility index (Phi) is 4.27. The Hall–Kier alpha value is -2.61. The van der Waals surface area contributed by atoms with Gasteiger partial charge in [-0.1, -0.05) is 23.8 Å². The Bertz CT molecular complexity index is 1030. The van der Waals surface area contributed by atoms with Gasteiger partial charge in [-0.15, -0.1) is 11.3 Å². The topological polar surface area (TPSA) is 99.4 Å². The van der Waals surface area contributed by atoms with Crippen LogP contribution in [0.25, 0.3) is 10.2 Å². The summed E-state index contributed by atoms with van der Waals surface area (Å²) in [4.78, 5) is 41.7. The minimum atomic E-state index is -0.651. The summed E-state index contributed by atoms with van der Waals surface area (Å²) < 4.78 is 6.42. The highest BCUT2D eigenvalue weighted by molar-refractivity contribution is 7.20. The molecule has 7 nitrogen and oxygen atoms in total. The average Bonchev–Trinajstić information content (AvgIpc) is 3.26. The molecule has 8 heteroatoms. The molecule has 0 N–H and O–H groups in total. The number of ketones is 1. The van der Waals surface area contributed by atoms with E-state index >= 15 is 0 Å². The SMILES string of the molecule is C[C@H]1OC(=O)[C@@H]2C=C3C[C@H]([N+](=O)[O-])CC[C@H]3[C@H](C(=O)c3nc4ccccc4s3)[C@H]12. The van der Waals surface area contributed by atoms with Crippen molar-refractivity contribution < 1.29 is 19.2 Å². The molecule has 150 valence electrons. The predicted octanol–water partition coefficient (Wildman–Crippen LogP) is 3.66. The van der Waals surface area contributed by atoms with Gasteiger partial charge in [0.05, 0.1) is 16.1 Å². The van der Waals surface area contributed by atoms with Crippen LogP contribution >= 0.6 is 11.3 Å². The minimum absolute atomic E-state index is 0.0681. The number of aromatic nitrogens is 1. The first-order chi connectivity index (χ1) is 13.9. The van der Waals surface area contributed by atoms with E-state index in [9.17, 15) is 19.7 Å². The van der Waals surface area contributed by atoms with E-state index in [-0.39, 0.29) is 34.6 Å². The Labute approximate surface area is 170 Å². The Morgan fingerprint density at radius 1 is 1.31 bits per heavy atom. The van der Waals surface area contributed by atoms with Gasteiger partial charge >= 0.3 is 5.97 Å². The van der Waals surface area contributed by atoms with Crippen LogP contribution in [0.2, 0.25) is 0 Å². The molecular formula is C21H20N2O5S. The van der Waals surface area contributed by atoms with Crippen LogP contribution in [-0.4, -0.2) is 33.8 Å². The number of hydrogen-bond acceptors (Lipinski definition) is 7. The van der Waals surface area contributed by atoms with Gasteiger partial charge in [0.1, 0.15) is 6.10 Å². The van der Waals surface area contributed by atoms with Crippen molar-refractivity contribution in [3.05, 3.63) is 51.0 Å². The van der Waals surface area contributed by atoms with Crippen molar-refractivity contribution >= 4 is 33.3 Å². The van der Waals surface area contributed by atoms with E-state index in [1.165, 1.54) is 11.3 Å². The lowest BCUT2D eigenvalue weighted by Gasteiger charge is -2.40. The van der Waals surface area contributed by atoms with Crippen LogP contribution in [0.3, 0.4) is 0 Å². The van der Waals surface area contributed by atoms with E-state index in [0.717, 1.165) is 15.8 Å². The van der Waals surface area contributed by atoms with Gasteiger partial charge in [-0.3, -0.25) is 19.7 Å². The smallest absolute Gasteiger partial charge is 0.313 e. The predicted molar refractivity (Wildman–Crippen MR) is 106 cm³/mol. The molecule has 2 aliphatic carbocycles. The minimum Gasteiger partial charge on any atom is -0.462 e. The zero-order valence-corrected chi connectivity index (χ0v) is 16.6. The standard InChI is InChI=1S/C21H20N2O5S/c1-10-17-14(21(25)28-10)9-11-8-12(23(26)27)6-7-13(11)18(17)19(24)20-22-15-4-2-3-5-16(15)29-20/h2-5,9-10,12-14,17-18H,6-8H2,1H3/t10-,12-,13-,14-,17-,18+/m1/s1. The van der Waals surface area contributed by atoms with Crippen molar-refractivity contribution in [3.8, 4) is 0 Å². The van der Waals surface area contributed by atoms with Crippen LogP contribution in [0, 0.1) is 33.8 Å². The van der Waals surface area contributed by atoms with E-state index < -0.39 is 17.9 Å². The van der Waals surface area contributed by atoms with Crippen molar-refractivity contribution in [1.29, 1.82) is 0 Å². The molecule has 0 unspecified atom stereocenters. The van der Waals surface area contributed by atoms with Crippen LogP contribution in [-0.2, 0) is 9.53 Å². The lowest BCUT2D eigenvalue weighted by molar-refractivity contribution is -0.524. The fraction of sp³-hybridized carbons (Fsp3) is 0.476. The van der Waals surface area contributed by atoms with Crippen LogP contribution < -0.4 is 0 Å². The summed E-state index contributed by atoms with van der Waals surface area (Å²) in [6, 6.07) is 6.97. The molecule has 1 aromatic carbocycles. The van der Waals surface area contributed by atoms with E-state index in [1.54, 1.807) is 0 Å². The van der Waals surface area contributed by atoms with Gasteiger partial charge in [0, 0.05) is 29.6 Å². The summed E-state index contributed by atoms with van der Waals surface area (Å²) in [6.07, 6.45) is 2.81. The number of Topliss-reactive ketones (excluding diaryl/α,β-unsaturated/α-hetero) is 1. The molecule has 1 saturated carbocycles. The quantitative estimate of drug-likeness (QED) is 0.251. The fourth-order valence-electron chi connectivity index (χ4n) is 5.33. The van der Waals surface area contributed by atoms with Gasteiger partial charge in [-0.2, -0.15) is 0 Å². The number of nitrogens with zero attached hydrogens (tertiary/aromatic N) is 2. The molecule has 1 aromatic heterocycles. The lowest BCUT2D eigenvalue weighted by Crippen LogP contribution is -2.44. The largest absolute Gasteiger partial charge is 0.462 e. The van der Waals surface area contributed by atoms with Gasteiger partial charge in [-0.05, 0) is 31.4 Å². The first kappa shape index (κ1) is 18.4. The molecule has 29 heavy (non-hydrogen) atoms. The van der Waals surface area contributed by atoms with Crippen molar-refractivity contribution in [2.24, 2.45) is 23.7 Å². The summed E-state index contributed by atoms with van der Waals surface area (Å²) in [5.41, 5.74) is 1.65. The molecule has 0 spiro atoms. The number of hydrogen-bond donors (Lipinski definition) is 0. The van der Waals surface area contributed by atoms with Gasteiger partial charge in [-0.25, -0.2) is 4.98 Å². The summed E-state index contributed by atoms with van der Waals surface area (Å²) >= 11 is 1.37. The van der Waals surface area contributed by atoms with Gasteiger partial charge in [0.15, 0.2) is 10.8 Å². The Morgan fingerprint density at radius 2 is 2.10 bits per heavy atom. The molecule has 2 heterocycles. The van der Waals surface area contributed by atoms with Crippen molar-refractivity contribution in [2.45, 2.75) is 38.3 Å². The van der Waals surface area contributed by atoms with Gasteiger partial charge < -0.3 is 4.74 Å². The second-order valence-corrected chi connectivity index (χ2v) is 9.22. The summed E-state index contributed by atoms with van der Waals surface area (Å²) in [5.74, 6) is -1.69. The van der Waals surface area contributed by atoms with Gasteiger partial charge in [0.25, 0.3) is 0 Å². The van der Waals surface area contributed by atoms with Crippen molar-refractivity contribution in [1.82, 2.24) is 4.98 Å². The Balaban J connectivity index is 1.56. The number of carbonyl (C=O) groups excluding carboxylic acids is 2. The number of para-hydroxylation sites is 1. The number of carbonyl (C=O) groups is 2. The highest BCUT2D eigenvalue weighted by Crippen LogP contribution is 2.51. The third kappa shape index (κ3) is 2.88. The van der Waals surface area contributed by atoms with E-state index in [4.69, 9.17) is 4.74 Å². The van der Waals surface area contributed by atoms with Gasteiger partial charge in [0.2, 0.25) is 6.04 Å². The highest BCUT2D eigenvalue weighted by Gasteiger charge is 2.55. The molecule has 6 atom stereocenters. The molecular weight excluding hydrogens is 392 g/mol. The monoisotopic (exact) mass is 412 g/mol. The Morgan fingerprint density at radius 3 is 2.86 bits per heavy atom. The van der Waals surface area contributed by atoms with E-state index in [1.807, 2.05) is 37.3 Å². The highest BCUT2D eigenvalue weighted by atomic mass is 32.1. The number of nitro groups is 1. The zero-order valence-electron chi connectivity index (χ0n) is 15.8. The molecule has 1 saturated heterocycles. The van der Waals surface area contributed by atoms with Crippen molar-refractivity contribution in [3.63, 3.8) is 0 Å². The number of fused-ring (bicyclic) bond motifs is 3. The molecule has 0 amide bonds. The second kappa shape index (κ2) is 6.73. The van der Waals surface area contributed by atoms with Crippen LogP contribution in [0.1, 0.15) is 36.0 Å². The fourth-order valence-corrected chi connectivity index (χ4v) is 6.28. The first-order valence-corrected chi connectivity index (χ1v) is 10.7. The number of ether oxygens (including phenoxy) is 1. The summed E-state index contributed by atoms with van der Waals surface area (Å²) in [5, 5.41) is 11.8. The maximum absolute atomic E-state index is 13.7. The normalized spacial score (nSPS) is 33.6. The molecule has 2 fully saturated rings. The zero-order chi connectivity index (χ0) is 20.3. The molecule has 2 aromatic rings. The maximum Gasteiger partial charge on any atom is 0.313 e. The van der Waals surface area contributed by atoms with E-state index in [2.05, 4.69) is 4.98 Å². The number of thiazole rings is 1. The molecule has 5 rings (SSSR count). The number of rotatable bonds is 3. The molecule has 1 aliphatic heterocycles. The molecule has 0 radical (unpaired) electrons. The van der Waals surface area contributed by atoms with Crippen LogP contribution in [0.15, 0.2) is 35.9 Å². The second-order valence-electron chi connectivity index (χ2n) is 8.19. The third-order valence-electron chi connectivity index (χ3n) is 6.64. The third-order valence-corrected chi connectivity index (χ3v) is 7.69. The molecule has 0 bridgehead atoms. The van der Waals surface area contributed by atoms with E-state index in [0.29, 0.717) is 24.3 Å². The van der Waals surface area contributed by atoms with Crippen LogP contribution in [0.4, 0.5) is 0 Å². The lowest BCUT2D eigenvalue weighted by atomic mass is 9.61. The van der Waals surface area contributed by atoms with Crippen molar-refractivity contribution in [2.75, 3.05) is 0 Å². The first-order valence-electron chi connectivity index (χ1n) is 9.88. The average molecular weight is 412 g/mol.